The number of nitrogens with zero attached hydrogens (tertiary/aromatic N) is 1. The minimum atomic E-state index is -0.0635. The van der Waals surface area contributed by atoms with Gasteiger partial charge < -0.3 is 16.0 Å². The van der Waals surface area contributed by atoms with Crippen molar-refractivity contribution in [3.05, 3.63) is 29.3 Å². The zero-order valence-corrected chi connectivity index (χ0v) is 13.8. The summed E-state index contributed by atoms with van der Waals surface area (Å²) in [7, 11) is 1.80. The van der Waals surface area contributed by atoms with Gasteiger partial charge in [-0.1, -0.05) is 18.6 Å². The summed E-state index contributed by atoms with van der Waals surface area (Å²) in [6.45, 7) is 1.98. The molecule has 2 amide bonds. The smallest absolute Gasteiger partial charge is 0.231 e. The molecule has 5 nitrogen and oxygen atoms in total. The van der Waals surface area contributed by atoms with Gasteiger partial charge in [0, 0.05) is 25.2 Å². The molecule has 1 unspecified atom stereocenters. The molecule has 1 aromatic carbocycles. The summed E-state index contributed by atoms with van der Waals surface area (Å²) in [4.78, 5) is 25.7. The van der Waals surface area contributed by atoms with Crippen molar-refractivity contribution in [2.75, 3.05) is 11.9 Å². The molecule has 3 N–H and O–H groups in total. The molecular formula is C18H25N3O2. The van der Waals surface area contributed by atoms with Crippen molar-refractivity contribution in [2.24, 2.45) is 11.7 Å². The van der Waals surface area contributed by atoms with Gasteiger partial charge in [-0.2, -0.15) is 0 Å². The van der Waals surface area contributed by atoms with Crippen LogP contribution in [0.1, 0.15) is 49.8 Å². The van der Waals surface area contributed by atoms with E-state index < -0.39 is 0 Å². The highest BCUT2D eigenvalue weighted by Crippen LogP contribution is 2.30. The lowest BCUT2D eigenvalue weighted by atomic mass is 9.99. The fraction of sp³-hybridized carbons (Fsp3) is 0.556. The normalized spacial score (nSPS) is 24.7. The maximum atomic E-state index is 12.2. The molecule has 1 heterocycles. The highest BCUT2D eigenvalue weighted by atomic mass is 16.2. The van der Waals surface area contributed by atoms with E-state index >= 15 is 0 Å². The Balaban J connectivity index is 1.62. The Hall–Kier alpha value is -1.88. The van der Waals surface area contributed by atoms with Crippen LogP contribution in [0.25, 0.3) is 0 Å². The molecule has 23 heavy (non-hydrogen) atoms. The number of fused-ring (bicyclic) bond motifs is 1. The highest BCUT2D eigenvalue weighted by Gasteiger charge is 2.27. The molecule has 0 spiro atoms. The van der Waals surface area contributed by atoms with Crippen molar-refractivity contribution >= 4 is 17.5 Å². The van der Waals surface area contributed by atoms with Crippen molar-refractivity contribution in [1.29, 1.82) is 0 Å². The first-order chi connectivity index (χ1) is 11.0. The summed E-state index contributed by atoms with van der Waals surface area (Å²) >= 11 is 0. The molecule has 1 aromatic rings. The molecule has 3 rings (SSSR count). The number of benzene rings is 1. The molecule has 1 aliphatic heterocycles. The number of nitrogens with one attached hydrogen (secondary N) is 1. The number of hydrogen-bond donors (Lipinski definition) is 2. The first-order valence-electron chi connectivity index (χ1n) is 8.40. The number of nitrogens with two attached hydrogens (primary N) is 1. The van der Waals surface area contributed by atoms with Gasteiger partial charge in [-0.05, 0) is 42.9 Å². The van der Waals surface area contributed by atoms with Crippen molar-refractivity contribution in [3.8, 4) is 0 Å². The summed E-state index contributed by atoms with van der Waals surface area (Å²) in [6.07, 6.45) is 4.16. The van der Waals surface area contributed by atoms with Gasteiger partial charge in [0.15, 0.2) is 0 Å². The number of rotatable bonds is 4. The molecule has 1 fully saturated rings. The maximum absolute atomic E-state index is 12.2. The second-order valence-electron chi connectivity index (χ2n) is 6.87. The third-order valence-corrected chi connectivity index (χ3v) is 5.22. The fourth-order valence-electron chi connectivity index (χ4n) is 3.70. The van der Waals surface area contributed by atoms with Crippen molar-refractivity contribution < 1.29 is 9.59 Å². The van der Waals surface area contributed by atoms with Gasteiger partial charge in [0.1, 0.15) is 0 Å². The van der Waals surface area contributed by atoms with E-state index in [0.29, 0.717) is 18.8 Å². The van der Waals surface area contributed by atoms with Crippen LogP contribution in [0.3, 0.4) is 0 Å². The molecule has 0 bridgehead atoms. The van der Waals surface area contributed by atoms with Crippen LogP contribution in [0.15, 0.2) is 18.2 Å². The summed E-state index contributed by atoms with van der Waals surface area (Å²) in [5.74, 6) is 0.492. The zero-order valence-electron chi connectivity index (χ0n) is 13.8. The summed E-state index contributed by atoms with van der Waals surface area (Å²) in [6, 6.07) is 6.08. The Bertz CT molecular complexity index is 629. The second kappa shape index (κ2) is 6.32. The van der Waals surface area contributed by atoms with Crippen LogP contribution in [0.2, 0.25) is 0 Å². The van der Waals surface area contributed by atoms with Crippen molar-refractivity contribution in [1.82, 2.24) is 5.32 Å². The minimum absolute atomic E-state index is 0.0635. The molecule has 124 valence electrons. The van der Waals surface area contributed by atoms with E-state index in [4.69, 9.17) is 5.73 Å². The van der Waals surface area contributed by atoms with E-state index in [1.165, 1.54) is 0 Å². The highest BCUT2D eigenvalue weighted by molar-refractivity contribution is 6.00. The van der Waals surface area contributed by atoms with Gasteiger partial charge in [0.2, 0.25) is 11.8 Å². The summed E-state index contributed by atoms with van der Waals surface area (Å²) in [5.41, 5.74) is 9.08. The molecule has 0 saturated heterocycles. The number of carbonyl (C=O) groups is 2. The van der Waals surface area contributed by atoms with Crippen LogP contribution in [-0.4, -0.2) is 24.9 Å². The summed E-state index contributed by atoms with van der Waals surface area (Å²) < 4.78 is 0. The average molecular weight is 315 g/mol. The van der Waals surface area contributed by atoms with Crippen molar-refractivity contribution in [3.63, 3.8) is 0 Å². The topological polar surface area (TPSA) is 75.4 Å². The van der Waals surface area contributed by atoms with Gasteiger partial charge in [0.05, 0.1) is 12.5 Å². The third kappa shape index (κ3) is 3.24. The summed E-state index contributed by atoms with van der Waals surface area (Å²) in [5, 5.41) is 3.06. The van der Waals surface area contributed by atoms with Gasteiger partial charge in [0.25, 0.3) is 0 Å². The van der Waals surface area contributed by atoms with E-state index in [-0.39, 0.29) is 23.9 Å². The molecule has 1 aliphatic carbocycles. The van der Waals surface area contributed by atoms with E-state index in [9.17, 15) is 9.59 Å². The minimum Gasteiger partial charge on any atom is -0.350 e. The Morgan fingerprint density at radius 1 is 1.43 bits per heavy atom. The van der Waals surface area contributed by atoms with Gasteiger partial charge in [-0.3, -0.25) is 9.59 Å². The predicted octanol–water partition coefficient (Wildman–Crippen LogP) is 1.90. The van der Waals surface area contributed by atoms with Crippen LogP contribution < -0.4 is 16.0 Å². The first-order valence-corrected chi connectivity index (χ1v) is 8.40. The SMILES string of the molecule is CC(NC(=O)C[C@@H]1CCC[C@H]1N)c1ccc2c(c1)CC(=O)N2C. The number of anilines is 1. The van der Waals surface area contributed by atoms with E-state index in [2.05, 4.69) is 5.32 Å². The number of hydrogen-bond acceptors (Lipinski definition) is 3. The number of carbonyl (C=O) groups excluding carboxylic acids is 2. The maximum Gasteiger partial charge on any atom is 0.231 e. The first kappa shape index (κ1) is 16.0. The Morgan fingerprint density at radius 2 is 2.22 bits per heavy atom. The molecule has 2 aliphatic rings. The molecule has 0 aromatic heterocycles. The molecule has 0 radical (unpaired) electrons. The Labute approximate surface area is 137 Å². The van der Waals surface area contributed by atoms with Gasteiger partial charge >= 0.3 is 0 Å². The van der Waals surface area contributed by atoms with Gasteiger partial charge in [-0.25, -0.2) is 0 Å². The number of likely N-dealkylation sites (N-methyl/N-ethyl adjacent to an activating group) is 1. The standard InChI is InChI=1S/C18H25N3O2/c1-11(20-17(22)9-13-4-3-5-15(13)19)12-6-7-16-14(8-12)10-18(23)21(16)2/h6-8,11,13,15H,3-5,9-10,19H2,1-2H3,(H,20,22)/t11?,13-,15+/m0/s1. The average Bonchev–Trinajstić information content (AvgIpc) is 3.03. The van der Waals surface area contributed by atoms with Crippen LogP contribution in [0, 0.1) is 5.92 Å². The molecular weight excluding hydrogens is 290 g/mol. The van der Waals surface area contributed by atoms with Crippen LogP contribution in [0.4, 0.5) is 5.69 Å². The third-order valence-electron chi connectivity index (χ3n) is 5.22. The predicted molar refractivity (Wildman–Crippen MR) is 90.0 cm³/mol. The van der Waals surface area contributed by atoms with E-state index in [1.54, 1.807) is 11.9 Å². The van der Waals surface area contributed by atoms with Gasteiger partial charge in [-0.15, -0.1) is 0 Å². The Kier molecular flexibility index (Phi) is 4.39. The monoisotopic (exact) mass is 315 g/mol. The lowest BCUT2D eigenvalue weighted by Crippen LogP contribution is -2.32. The fourth-order valence-corrected chi connectivity index (χ4v) is 3.70. The van der Waals surface area contributed by atoms with Crippen molar-refractivity contribution in [2.45, 2.75) is 51.1 Å². The quantitative estimate of drug-likeness (QED) is 0.891. The Morgan fingerprint density at radius 3 is 2.91 bits per heavy atom. The zero-order chi connectivity index (χ0) is 16.6. The molecule has 5 heteroatoms. The van der Waals surface area contributed by atoms with Crippen LogP contribution in [-0.2, 0) is 16.0 Å². The lowest BCUT2D eigenvalue weighted by Gasteiger charge is -2.19. The van der Waals surface area contributed by atoms with E-state index in [1.807, 2.05) is 25.1 Å². The second-order valence-corrected chi connectivity index (χ2v) is 6.87. The molecule has 1 saturated carbocycles. The largest absolute Gasteiger partial charge is 0.350 e. The van der Waals surface area contributed by atoms with E-state index in [0.717, 1.165) is 36.1 Å². The van der Waals surface area contributed by atoms with Crippen LogP contribution in [0.5, 0.6) is 0 Å². The molecule has 3 atom stereocenters. The lowest BCUT2D eigenvalue weighted by molar-refractivity contribution is -0.122. The van der Waals surface area contributed by atoms with Crippen LogP contribution >= 0.6 is 0 Å². The number of amides is 2.